The Morgan fingerprint density at radius 2 is 1.22 bits per heavy atom. The second kappa shape index (κ2) is 10.5. The maximum absolute atomic E-state index is 6.39. The third kappa shape index (κ3) is 4.38. The summed E-state index contributed by atoms with van der Waals surface area (Å²) < 4.78 is 8.83. The zero-order valence-corrected chi connectivity index (χ0v) is 25.0. The highest BCUT2D eigenvalue weighted by molar-refractivity contribution is 7.26. The summed E-state index contributed by atoms with van der Waals surface area (Å²) in [5, 5.41) is 4.65. The first kappa shape index (κ1) is 25.8. The molecule has 0 N–H and O–H groups in total. The van der Waals surface area contributed by atoms with Crippen LogP contribution < -0.4 is 4.90 Å². The largest absolute Gasteiger partial charge is 0.436 e. The number of hydrogen-bond donors (Lipinski definition) is 0. The van der Waals surface area contributed by atoms with Crippen LogP contribution in [0.5, 0.6) is 0 Å². The Morgan fingerprint density at radius 1 is 0.511 bits per heavy atom. The van der Waals surface area contributed by atoms with Gasteiger partial charge < -0.3 is 9.32 Å². The van der Waals surface area contributed by atoms with Gasteiger partial charge in [-0.2, -0.15) is 0 Å². The standard InChI is InChI=1S/C41H26N2OS/c1-3-10-27(11-4-1)28-18-21-31(22-19-28)43(30-13-5-2-6-14-30)32-23-24-34-38(26-32)45-37-17-9-16-35(39(34)37)41-42-40-33-15-8-7-12-29(33)20-25-36(40)44-41/h1-26H. The zero-order chi connectivity index (χ0) is 29.7. The molecular formula is C41H26N2OS. The van der Waals surface area contributed by atoms with Gasteiger partial charge in [0.2, 0.25) is 5.89 Å². The van der Waals surface area contributed by atoms with Gasteiger partial charge in [-0.05, 0) is 71.1 Å². The Hall–Kier alpha value is -5.71. The van der Waals surface area contributed by atoms with Crippen molar-refractivity contribution in [2.75, 3.05) is 4.90 Å². The summed E-state index contributed by atoms with van der Waals surface area (Å²) in [5.74, 6) is 0.653. The van der Waals surface area contributed by atoms with Gasteiger partial charge in [0.1, 0.15) is 5.52 Å². The van der Waals surface area contributed by atoms with Gasteiger partial charge in [0.25, 0.3) is 0 Å². The summed E-state index contributed by atoms with van der Waals surface area (Å²) >= 11 is 1.81. The van der Waals surface area contributed by atoms with Crippen LogP contribution in [0.2, 0.25) is 0 Å². The molecule has 0 unspecified atom stereocenters. The quantitative estimate of drug-likeness (QED) is 0.198. The van der Waals surface area contributed by atoms with Crippen molar-refractivity contribution < 1.29 is 4.42 Å². The van der Waals surface area contributed by atoms with Crippen molar-refractivity contribution in [2.45, 2.75) is 0 Å². The lowest BCUT2D eigenvalue weighted by Crippen LogP contribution is -2.09. The van der Waals surface area contributed by atoms with Crippen LogP contribution >= 0.6 is 11.3 Å². The first-order valence-electron chi connectivity index (χ1n) is 15.0. The molecule has 0 bridgehead atoms. The zero-order valence-electron chi connectivity index (χ0n) is 24.2. The van der Waals surface area contributed by atoms with Crippen molar-refractivity contribution in [1.29, 1.82) is 0 Å². The summed E-state index contributed by atoms with van der Waals surface area (Å²) in [5.41, 5.74) is 8.48. The molecule has 0 saturated carbocycles. The SMILES string of the molecule is c1ccc(-c2ccc(N(c3ccccc3)c3ccc4c(c3)sc3cccc(-c5nc6c(ccc7ccccc76)o5)c34)cc2)cc1. The summed E-state index contributed by atoms with van der Waals surface area (Å²) in [4.78, 5) is 7.36. The van der Waals surface area contributed by atoms with Gasteiger partial charge in [-0.25, -0.2) is 4.98 Å². The van der Waals surface area contributed by atoms with Crippen molar-refractivity contribution in [1.82, 2.24) is 4.98 Å². The van der Waals surface area contributed by atoms with E-state index in [4.69, 9.17) is 9.40 Å². The van der Waals surface area contributed by atoms with E-state index in [-0.39, 0.29) is 0 Å². The first-order chi connectivity index (χ1) is 22.3. The number of oxazole rings is 1. The van der Waals surface area contributed by atoms with E-state index in [9.17, 15) is 0 Å². The van der Waals surface area contributed by atoms with Crippen LogP contribution in [0.3, 0.4) is 0 Å². The predicted octanol–water partition coefficient (Wildman–Crippen LogP) is 12.2. The molecule has 7 aromatic carbocycles. The van der Waals surface area contributed by atoms with E-state index < -0.39 is 0 Å². The van der Waals surface area contributed by atoms with E-state index in [2.05, 4.69) is 157 Å². The van der Waals surface area contributed by atoms with Gasteiger partial charge >= 0.3 is 0 Å². The summed E-state index contributed by atoms with van der Waals surface area (Å²) in [6.07, 6.45) is 0. The number of nitrogens with zero attached hydrogens (tertiary/aromatic N) is 2. The fraction of sp³-hybridized carbons (Fsp3) is 0. The molecule has 2 aromatic heterocycles. The number of anilines is 3. The Morgan fingerprint density at radius 3 is 2.07 bits per heavy atom. The van der Waals surface area contributed by atoms with Gasteiger partial charge in [0, 0.05) is 48.2 Å². The van der Waals surface area contributed by atoms with Gasteiger partial charge in [-0.3, -0.25) is 0 Å². The third-order valence-corrected chi connectivity index (χ3v) is 9.62. The summed E-state index contributed by atoms with van der Waals surface area (Å²) in [6.45, 7) is 0. The van der Waals surface area contributed by atoms with E-state index in [0.717, 1.165) is 44.5 Å². The number of fused-ring (bicyclic) bond motifs is 6. The van der Waals surface area contributed by atoms with Crippen LogP contribution in [-0.2, 0) is 0 Å². The van der Waals surface area contributed by atoms with E-state index in [1.165, 1.54) is 31.3 Å². The van der Waals surface area contributed by atoms with Crippen molar-refractivity contribution in [3.05, 3.63) is 158 Å². The third-order valence-electron chi connectivity index (χ3n) is 8.50. The average molecular weight is 595 g/mol. The van der Waals surface area contributed by atoms with Crippen molar-refractivity contribution in [3.63, 3.8) is 0 Å². The normalized spacial score (nSPS) is 11.6. The highest BCUT2D eigenvalue weighted by Gasteiger charge is 2.19. The van der Waals surface area contributed by atoms with E-state index >= 15 is 0 Å². The minimum atomic E-state index is 0.653. The second-order valence-electron chi connectivity index (χ2n) is 11.2. The number of hydrogen-bond acceptors (Lipinski definition) is 4. The molecule has 0 radical (unpaired) electrons. The van der Waals surface area contributed by atoms with Crippen molar-refractivity contribution in [2.24, 2.45) is 0 Å². The van der Waals surface area contributed by atoms with E-state index in [1.54, 1.807) is 11.3 Å². The number of benzene rings is 7. The lowest BCUT2D eigenvalue weighted by Gasteiger charge is -2.25. The Balaban J connectivity index is 1.17. The molecule has 0 fully saturated rings. The molecule has 212 valence electrons. The number of thiophene rings is 1. The van der Waals surface area contributed by atoms with E-state index in [0.29, 0.717) is 5.89 Å². The Kier molecular flexibility index (Phi) is 6.00. The molecule has 45 heavy (non-hydrogen) atoms. The van der Waals surface area contributed by atoms with Crippen LogP contribution in [0.15, 0.2) is 162 Å². The fourth-order valence-corrected chi connectivity index (χ4v) is 7.53. The maximum atomic E-state index is 6.39. The molecule has 0 saturated heterocycles. The number of para-hydroxylation sites is 1. The molecule has 0 aliphatic carbocycles. The monoisotopic (exact) mass is 594 g/mol. The molecule has 3 nitrogen and oxygen atoms in total. The minimum Gasteiger partial charge on any atom is -0.436 e. The highest BCUT2D eigenvalue weighted by Crippen LogP contribution is 2.44. The van der Waals surface area contributed by atoms with E-state index in [1.807, 2.05) is 6.07 Å². The summed E-state index contributed by atoms with van der Waals surface area (Å²) in [6, 6.07) is 55.6. The lowest BCUT2D eigenvalue weighted by atomic mass is 10.0. The molecule has 0 spiro atoms. The molecule has 0 amide bonds. The topological polar surface area (TPSA) is 29.3 Å². The Bertz CT molecular complexity index is 2480. The van der Waals surface area contributed by atoms with Crippen molar-refractivity contribution >= 4 is 70.4 Å². The first-order valence-corrected chi connectivity index (χ1v) is 15.9. The number of aromatic nitrogens is 1. The molecule has 9 rings (SSSR count). The smallest absolute Gasteiger partial charge is 0.228 e. The average Bonchev–Trinajstić information content (AvgIpc) is 3.71. The highest BCUT2D eigenvalue weighted by atomic mass is 32.1. The lowest BCUT2D eigenvalue weighted by molar-refractivity contribution is 0.621. The molecule has 4 heteroatoms. The van der Waals surface area contributed by atoms with Crippen LogP contribution in [0.4, 0.5) is 17.1 Å². The second-order valence-corrected chi connectivity index (χ2v) is 12.3. The van der Waals surface area contributed by atoms with Gasteiger partial charge in [-0.15, -0.1) is 11.3 Å². The molecular weight excluding hydrogens is 569 g/mol. The molecule has 2 heterocycles. The summed E-state index contributed by atoms with van der Waals surface area (Å²) in [7, 11) is 0. The number of rotatable bonds is 5. The molecule has 9 aromatic rings. The van der Waals surface area contributed by atoms with Gasteiger partial charge in [0.05, 0.1) is 0 Å². The maximum Gasteiger partial charge on any atom is 0.228 e. The molecule has 0 atom stereocenters. The van der Waals surface area contributed by atoms with Crippen LogP contribution in [0.1, 0.15) is 0 Å². The van der Waals surface area contributed by atoms with Gasteiger partial charge in [0.15, 0.2) is 5.58 Å². The fourth-order valence-electron chi connectivity index (χ4n) is 6.37. The van der Waals surface area contributed by atoms with Crippen LogP contribution in [-0.4, -0.2) is 4.98 Å². The van der Waals surface area contributed by atoms with Crippen LogP contribution in [0.25, 0.3) is 64.6 Å². The molecule has 0 aliphatic heterocycles. The van der Waals surface area contributed by atoms with Crippen LogP contribution in [0, 0.1) is 0 Å². The van der Waals surface area contributed by atoms with Crippen molar-refractivity contribution in [3.8, 4) is 22.6 Å². The predicted molar refractivity (Wildman–Crippen MR) is 190 cm³/mol. The minimum absolute atomic E-state index is 0.653. The molecule has 0 aliphatic rings. The Labute approximate surface area is 264 Å². The van der Waals surface area contributed by atoms with Gasteiger partial charge in [-0.1, -0.05) is 103 Å².